The molecule has 27 heavy (non-hydrogen) atoms. The molecule has 1 atom stereocenters. The van der Waals surface area contributed by atoms with Gasteiger partial charge in [-0.3, -0.25) is 9.69 Å². The van der Waals surface area contributed by atoms with Crippen LogP contribution in [-0.2, 0) is 4.79 Å². The molecular formula is C18H28ClN7O. The fourth-order valence-electron chi connectivity index (χ4n) is 3.10. The number of tetrazole rings is 1. The summed E-state index contributed by atoms with van der Waals surface area (Å²) in [6, 6.07) is 9.19. The molecule has 1 amide bonds. The molecule has 1 aliphatic heterocycles. The second-order valence-electron chi connectivity index (χ2n) is 6.87. The molecular weight excluding hydrogens is 366 g/mol. The van der Waals surface area contributed by atoms with Gasteiger partial charge in [-0.25, -0.2) is 0 Å². The van der Waals surface area contributed by atoms with Crippen molar-refractivity contribution >= 4 is 18.3 Å². The number of nitrogens with zero attached hydrogens (tertiary/aromatic N) is 5. The Kier molecular flexibility index (Phi) is 8.15. The molecule has 2 heterocycles. The largest absolute Gasteiger partial charge is 0.353 e. The van der Waals surface area contributed by atoms with Crippen LogP contribution in [0.15, 0.2) is 30.3 Å². The summed E-state index contributed by atoms with van der Waals surface area (Å²) in [6.45, 7) is 9.53. The Balaban J connectivity index is 0.00000261. The van der Waals surface area contributed by atoms with E-state index >= 15 is 0 Å². The third-order valence-corrected chi connectivity index (χ3v) is 4.55. The van der Waals surface area contributed by atoms with Crippen LogP contribution in [0, 0.1) is 5.92 Å². The Bertz CT molecular complexity index is 701. The molecule has 3 rings (SSSR count). The van der Waals surface area contributed by atoms with Crippen molar-refractivity contribution in [1.82, 2.24) is 35.7 Å². The van der Waals surface area contributed by atoms with Crippen LogP contribution in [-0.4, -0.2) is 70.3 Å². The Hall–Kier alpha value is -2.03. The van der Waals surface area contributed by atoms with E-state index in [1.54, 1.807) is 0 Å². The van der Waals surface area contributed by atoms with Crippen LogP contribution >= 0.6 is 12.4 Å². The van der Waals surface area contributed by atoms with Crippen LogP contribution in [0.25, 0.3) is 11.4 Å². The van der Waals surface area contributed by atoms with Gasteiger partial charge in [-0.15, -0.1) is 22.6 Å². The molecule has 0 radical (unpaired) electrons. The fourth-order valence-corrected chi connectivity index (χ4v) is 3.10. The van der Waals surface area contributed by atoms with E-state index in [1.165, 1.54) is 4.80 Å². The molecule has 1 aromatic heterocycles. The van der Waals surface area contributed by atoms with E-state index in [4.69, 9.17) is 0 Å². The molecule has 0 saturated carbocycles. The van der Waals surface area contributed by atoms with Crippen molar-refractivity contribution in [3.05, 3.63) is 30.3 Å². The van der Waals surface area contributed by atoms with E-state index in [1.807, 2.05) is 44.2 Å². The predicted octanol–water partition coefficient (Wildman–Crippen LogP) is 0.980. The van der Waals surface area contributed by atoms with Gasteiger partial charge in [0.2, 0.25) is 11.7 Å². The van der Waals surface area contributed by atoms with Gasteiger partial charge in [-0.05, 0) is 11.1 Å². The summed E-state index contributed by atoms with van der Waals surface area (Å²) >= 11 is 0. The Labute approximate surface area is 166 Å². The maximum atomic E-state index is 12.7. The third-order valence-electron chi connectivity index (χ3n) is 4.55. The van der Waals surface area contributed by atoms with Gasteiger partial charge in [0, 0.05) is 44.8 Å². The number of carbonyl (C=O) groups excluding carboxylic acids is 1. The number of piperazine rings is 1. The number of rotatable bonds is 7. The van der Waals surface area contributed by atoms with E-state index in [9.17, 15) is 4.79 Å². The topological polar surface area (TPSA) is 88.0 Å². The number of amides is 1. The Morgan fingerprint density at radius 2 is 1.93 bits per heavy atom. The molecule has 148 valence electrons. The van der Waals surface area contributed by atoms with Crippen LogP contribution in [0.1, 0.15) is 19.9 Å². The lowest BCUT2D eigenvalue weighted by atomic mass is 10.0. The lowest BCUT2D eigenvalue weighted by molar-refractivity contribution is -0.126. The monoisotopic (exact) mass is 393 g/mol. The van der Waals surface area contributed by atoms with Gasteiger partial charge >= 0.3 is 0 Å². The van der Waals surface area contributed by atoms with Crippen LogP contribution in [0.3, 0.4) is 0 Å². The molecule has 1 aliphatic rings. The highest BCUT2D eigenvalue weighted by Gasteiger charge is 2.27. The number of nitrogens with one attached hydrogen (secondary N) is 2. The lowest BCUT2D eigenvalue weighted by Crippen LogP contribution is -2.47. The molecule has 9 heteroatoms. The Morgan fingerprint density at radius 3 is 2.59 bits per heavy atom. The number of aromatic nitrogens is 4. The van der Waals surface area contributed by atoms with Gasteiger partial charge in [0.15, 0.2) is 6.04 Å². The van der Waals surface area contributed by atoms with Crippen molar-refractivity contribution < 1.29 is 4.79 Å². The van der Waals surface area contributed by atoms with Crippen molar-refractivity contribution in [2.24, 2.45) is 5.92 Å². The van der Waals surface area contributed by atoms with E-state index in [2.05, 4.69) is 30.9 Å². The summed E-state index contributed by atoms with van der Waals surface area (Å²) in [5.74, 6) is 0.532. The van der Waals surface area contributed by atoms with Gasteiger partial charge in [0.05, 0.1) is 0 Å². The summed E-state index contributed by atoms with van der Waals surface area (Å²) in [5.41, 5.74) is 0.889. The number of hydrogen-bond acceptors (Lipinski definition) is 6. The number of hydrogen-bond donors (Lipinski definition) is 2. The van der Waals surface area contributed by atoms with Gasteiger partial charge < -0.3 is 10.6 Å². The van der Waals surface area contributed by atoms with Crippen molar-refractivity contribution in [3.63, 3.8) is 0 Å². The number of carbonyl (C=O) groups is 1. The standard InChI is InChI=1S/C18H27N7O.ClH/c1-14(2)16(18(26)20-10-13-24-11-8-19-9-12-24)25-22-17(21-23-25)15-6-4-3-5-7-15;/h3-7,14,16,19H,8-13H2,1-2H3,(H,20,26);1H. The van der Waals surface area contributed by atoms with Gasteiger partial charge in [0.1, 0.15) is 0 Å². The average molecular weight is 394 g/mol. The summed E-state index contributed by atoms with van der Waals surface area (Å²) in [7, 11) is 0. The number of halogens is 1. The van der Waals surface area contributed by atoms with E-state index < -0.39 is 6.04 Å². The second kappa shape index (κ2) is 10.3. The average Bonchev–Trinajstić information content (AvgIpc) is 3.13. The Morgan fingerprint density at radius 1 is 1.22 bits per heavy atom. The van der Waals surface area contributed by atoms with Crippen molar-refractivity contribution in [3.8, 4) is 11.4 Å². The first kappa shape index (κ1) is 21.3. The molecule has 0 bridgehead atoms. The second-order valence-corrected chi connectivity index (χ2v) is 6.87. The van der Waals surface area contributed by atoms with E-state index in [-0.39, 0.29) is 24.2 Å². The van der Waals surface area contributed by atoms with E-state index in [0.29, 0.717) is 12.4 Å². The minimum absolute atomic E-state index is 0. The van der Waals surface area contributed by atoms with Gasteiger partial charge in [-0.1, -0.05) is 44.2 Å². The first-order valence-corrected chi connectivity index (χ1v) is 9.21. The summed E-state index contributed by atoms with van der Waals surface area (Å²) < 4.78 is 0. The first-order valence-electron chi connectivity index (χ1n) is 9.21. The fraction of sp³-hybridized carbons (Fsp3) is 0.556. The molecule has 1 unspecified atom stereocenters. The summed E-state index contributed by atoms with van der Waals surface area (Å²) in [4.78, 5) is 16.5. The van der Waals surface area contributed by atoms with Crippen LogP contribution < -0.4 is 10.6 Å². The number of benzene rings is 1. The van der Waals surface area contributed by atoms with Crippen molar-refractivity contribution in [1.29, 1.82) is 0 Å². The van der Waals surface area contributed by atoms with Crippen LogP contribution in [0.4, 0.5) is 0 Å². The van der Waals surface area contributed by atoms with Crippen molar-refractivity contribution in [2.45, 2.75) is 19.9 Å². The van der Waals surface area contributed by atoms with E-state index in [0.717, 1.165) is 38.3 Å². The highest BCUT2D eigenvalue weighted by atomic mass is 35.5. The van der Waals surface area contributed by atoms with Gasteiger partial charge in [0.25, 0.3) is 0 Å². The zero-order valence-corrected chi connectivity index (χ0v) is 16.7. The molecule has 2 aromatic rings. The maximum Gasteiger partial charge on any atom is 0.247 e. The zero-order valence-electron chi connectivity index (χ0n) is 15.8. The van der Waals surface area contributed by atoms with Crippen LogP contribution in [0.2, 0.25) is 0 Å². The van der Waals surface area contributed by atoms with Crippen LogP contribution in [0.5, 0.6) is 0 Å². The molecule has 0 spiro atoms. The minimum Gasteiger partial charge on any atom is -0.353 e. The SMILES string of the molecule is CC(C)C(C(=O)NCCN1CCNCC1)n1nnc(-c2ccccc2)n1.Cl. The third kappa shape index (κ3) is 5.72. The quantitative estimate of drug-likeness (QED) is 0.729. The summed E-state index contributed by atoms with van der Waals surface area (Å²) in [5, 5.41) is 19.0. The first-order chi connectivity index (χ1) is 12.6. The molecule has 1 fully saturated rings. The highest BCUT2D eigenvalue weighted by molar-refractivity contribution is 5.85. The minimum atomic E-state index is -0.469. The van der Waals surface area contributed by atoms with Crippen molar-refractivity contribution in [2.75, 3.05) is 39.3 Å². The lowest BCUT2D eigenvalue weighted by Gasteiger charge is -2.27. The molecule has 8 nitrogen and oxygen atoms in total. The maximum absolute atomic E-state index is 12.7. The summed E-state index contributed by atoms with van der Waals surface area (Å²) in [6.07, 6.45) is 0. The zero-order chi connectivity index (χ0) is 18.4. The van der Waals surface area contributed by atoms with Gasteiger partial charge in [-0.2, -0.15) is 4.80 Å². The smallest absolute Gasteiger partial charge is 0.247 e. The highest BCUT2D eigenvalue weighted by Crippen LogP contribution is 2.18. The molecule has 2 N–H and O–H groups in total. The predicted molar refractivity (Wildman–Crippen MR) is 107 cm³/mol. The molecule has 1 aromatic carbocycles. The molecule has 1 saturated heterocycles. The normalized spacial score (nSPS) is 16.0. The molecule has 0 aliphatic carbocycles.